The fraction of sp³-hybridized carbons (Fsp3) is 0.500. The third-order valence-electron chi connectivity index (χ3n) is 3.44. The van der Waals surface area contributed by atoms with Crippen LogP contribution in [-0.4, -0.2) is 12.7 Å². The second-order valence-corrected chi connectivity index (χ2v) is 4.79. The maximum Gasteiger partial charge on any atom is 0.164 e. The van der Waals surface area contributed by atoms with Gasteiger partial charge in [0.05, 0.1) is 6.61 Å². The molecule has 0 N–H and O–H groups in total. The maximum atomic E-state index is 6.10. The third kappa shape index (κ3) is 2.87. The Bertz CT molecular complexity index is 435. The van der Waals surface area contributed by atoms with Gasteiger partial charge in [0.2, 0.25) is 0 Å². The largest absolute Gasteiger partial charge is 0.490 e. The van der Waals surface area contributed by atoms with E-state index in [4.69, 9.17) is 9.47 Å². The van der Waals surface area contributed by atoms with E-state index in [1.54, 1.807) is 0 Å². The minimum atomic E-state index is 0.288. The summed E-state index contributed by atoms with van der Waals surface area (Å²) in [5.41, 5.74) is 2.43. The molecule has 1 aliphatic carbocycles. The van der Waals surface area contributed by atoms with Crippen molar-refractivity contribution in [3.63, 3.8) is 0 Å². The second kappa shape index (κ2) is 5.94. The van der Waals surface area contributed by atoms with Crippen LogP contribution in [0.15, 0.2) is 24.3 Å². The number of ether oxygens (including phenoxy) is 2. The summed E-state index contributed by atoms with van der Waals surface area (Å²) in [4.78, 5) is 0. The van der Waals surface area contributed by atoms with E-state index in [0.717, 1.165) is 30.8 Å². The molecule has 2 rings (SSSR count). The van der Waals surface area contributed by atoms with Crippen LogP contribution in [-0.2, 0) is 0 Å². The van der Waals surface area contributed by atoms with Crippen LogP contribution in [0, 0.1) is 13.8 Å². The third-order valence-corrected chi connectivity index (χ3v) is 3.44. The quantitative estimate of drug-likeness (QED) is 0.742. The SMILES string of the molecule is CCOc1c(OC2CC=CCC2)ccc(C)c1C. The van der Waals surface area contributed by atoms with Crippen LogP contribution in [0.25, 0.3) is 0 Å². The molecule has 1 aliphatic rings. The molecule has 0 aromatic heterocycles. The zero-order valence-electron chi connectivity index (χ0n) is 11.5. The lowest BCUT2D eigenvalue weighted by Crippen LogP contribution is -2.18. The highest BCUT2D eigenvalue weighted by atomic mass is 16.5. The molecule has 0 saturated carbocycles. The Hall–Kier alpha value is -1.44. The smallest absolute Gasteiger partial charge is 0.164 e. The molecule has 2 nitrogen and oxygen atoms in total. The van der Waals surface area contributed by atoms with Crippen molar-refractivity contribution in [2.24, 2.45) is 0 Å². The number of benzene rings is 1. The Morgan fingerprint density at radius 3 is 2.72 bits per heavy atom. The molecule has 0 saturated heterocycles. The number of rotatable bonds is 4. The molecule has 2 heteroatoms. The lowest BCUT2D eigenvalue weighted by Gasteiger charge is -2.22. The molecule has 0 fully saturated rings. The number of hydrogen-bond acceptors (Lipinski definition) is 2. The Labute approximate surface area is 110 Å². The van der Waals surface area contributed by atoms with Gasteiger partial charge in [0.25, 0.3) is 0 Å². The molecule has 1 atom stereocenters. The molecule has 0 radical (unpaired) electrons. The standard InChI is InChI=1S/C16H22O2/c1-4-17-16-13(3)12(2)10-11-15(16)18-14-8-6-5-7-9-14/h5-6,10-11,14H,4,7-9H2,1-3H3. The van der Waals surface area contributed by atoms with Crippen LogP contribution in [0.5, 0.6) is 11.5 Å². The van der Waals surface area contributed by atoms with Crippen molar-refractivity contribution in [3.05, 3.63) is 35.4 Å². The number of allylic oxidation sites excluding steroid dienone is 1. The number of aryl methyl sites for hydroxylation is 1. The monoisotopic (exact) mass is 246 g/mol. The van der Waals surface area contributed by atoms with Crippen molar-refractivity contribution in [2.75, 3.05) is 6.61 Å². The van der Waals surface area contributed by atoms with Crippen LogP contribution in [0.1, 0.15) is 37.3 Å². The van der Waals surface area contributed by atoms with Gasteiger partial charge in [-0.25, -0.2) is 0 Å². The summed E-state index contributed by atoms with van der Waals surface area (Å²) < 4.78 is 11.8. The predicted octanol–water partition coefficient (Wildman–Crippen LogP) is 4.19. The van der Waals surface area contributed by atoms with Gasteiger partial charge < -0.3 is 9.47 Å². The van der Waals surface area contributed by atoms with Crippen molar-refractivity contribution in [1.29, 1.82) is 0 Å². The molecule has 0 bridgehead atoms. The molecule has 0 spiro atoms. The fourth-order valence-corrected chi connectivity index (χ4v) is 2.23. The van der Waals surface area contributed by atoms with Gasteiger partial charge in [-0.05, 0) is 50.8 Å². The van der Waals surface area contributed by atoms with Crippen molar-refractivity contribution < 1.29 is 9.47 Å². The summed E-state index contributed by atoms with van der Waals surface area (Å²) in [5.74, 6) is 1.80. The van der Waals surface area contributed by atoms with Gasteiger partial charge in [-0.15, -0.1) is 0 Å². The second-order valence-electron chi connectivity index (χ2n) is 4.79. The van der Waals surface area contributed by atoms with E-state index in [-0.39, 0.29) is 6.10 Å². The van der Waals surface area contributed by atoms with Crippen molar-refractivity contribution in [3.8, 4) is 11.5 Å². The summed E-state index contributed by atoms with van der Waals surface area (Å²) in [6, 6.07) is 4.14. The first-order valence-electron chi connectivity index (χ1n) is 6.77. The summed E-state index contributed by atoms with van der Waals surface area (Å²) in [6.07, 6.45) is 7.92. The van der Waals surface area contributed by atoms with E-state index in [0.29, 0.717) is 6.61 Å². The van der Waals surface area contributed by atoms with E-state index in [9.17, 15) is 0 Å². The van der Waals surface area contributed by atoms with E-state index >= 15 is 0 Å². The summed E-state index contributed by atoms with van der Waals surface area (Å²) >= 11 is 0. The van der Waals surface area contributed by atoms with Crippen LogP contribution >= 0.6 is 0 Å². The zero-order chi connectivity index (χ0) is 13.0. The average Bonchev–Trinajstić information content (AvgIpc) is 2.39. The zero-order valence-corrected chi connectivity index (χ0v) is 11.5. The molecule has 0 aliphatic heterocycles. The van der Waals surface area contributed by atoms with E-state index < -0.39 is 0 Å². The minimum absolute atomic E-state index is 0.288. The fourth-order valence-electron chi connectivity index (χ4n) is 2.23. The van der Waals surface area contributed by atoms with Crippen LogP contribution < -0.4 is 9.47 Å². The molecule has 0 amide bonds. The predicted molar refractivity (Wildman–Crippen MR) is 74.5 cm³/mol. The molecule has 1 unspecified atom stereocenters. The highest BCUT2D eigenvalue weighted by Gasteiger charge is 2.16. The lowest BCUT2D eigenvalue weighted by atomic mass is 10.0. The van der Waals surface area contributed by atoms with Crippen LogP contribution in [0.4, 0.5) is 0 Å². The molecular formula is C16H22O2. The van der Waals surface area contributed by atoms with E-state index in [1.165, 1.54) is 11.1 Å². The van der Waals surface area contributed by atoms with Gasteiger partial charge in [-0.2, -0.15) is 0 Å². The molecule has 1 aromatic rings. The molecule has 98 valence electrons. The Morgan fingerprint density at radius 1 is 1.22 bits per heavy atom. The molecule has 18 heavy (non-hydrogen) atoms. The van der Waals surface area contributed by atoms with E-state index in [1.807, 2.05) is 13.0 Å². The van der Waals surface area contributed by atoms with E-state index in [2.05, 4.69) is 32.1 Å². The van der Waals surface area contributed by atoms with Crippen LogP contribution in [0.3, 0.4) is 0 Å². The Morgan fingerprint density at radius 2 is 2.06 bits per heavy atom. The average molecular weight is 246 g/mol. The minimum Gasteiger partial charge on any atom is -0.490 e. The van der Waals surface area contributed by atoms with Gasteiger partial charge in [0, 0.05) is 6.42 Å². The van der Waals surface area contributed by atoms with Gasteiger partial charge in [0.15, 0.2) is 11.5 Å². The highest BCUT2D eigenvalue weighted by molar-refractivity contribution is 5.49. The van der Waals surface area contributed by atoms with Crippen molar-refractivity contribution in [2.45, 2.75) is 46.1 Å². The van der Waals surface area contributed by atoms with Crippen molar-refractivity contribution >= 4 is 0 Å². The molecular weight excluding hydrogens is 224 g/mol. The Balaban J connectivity index is 2.20. The topological polar surface area (TPSA) is 18.5 Å². The molecule has 1 aromatic carbocycles. The number of hydrogen-bond donors (Lipinski definition) is 0. The van der Waals surface area contributed by atoms with Gasteiger partial charge in [0.1, 0.15) is 6.10 Å². The molecule has 0 heterocycles. The van der Waals surface area contributed by atoms with Gasteiger partial charge >= 0.3 is 0 Å². The first-order valence-corrected chi connectivity index (χ1v) is 6.77. The highest BCUT2D eigenvalue weighted by Crippen LogP contribution is 2.34. The first kappa shape index (κ1) is 13.0. The van der Waals surface area contributed by atoms with Gasteiger partial charge in [-0.1, -0.05) is 18.2 Å². The maximum absolute atomic E-state index is 6.10. The normalized spacial score (nSPS) is 18.7. The summed E-state index contributed by atoms with van der Waals surface area (Å²) in [5, 5.41) is 0. The summed E-state index contributed by atoms with van der Waals surface area (Å²) in [6.45, 7) is 6.87. The lowest BCUT2D eigenvalue weighted by molar-refractivity contribution is 0.179. The van der Waals surface area contributed by atoms with Crippen molar-refractivity contribution in [1.82, 2.24) is 0 Å². The first-order chi connectivity index (χ1) is 8.72. The Kier molecular flexibility index (Phi) is 4.29. The summed E-state index contributed by atoms with van der Waals surface area (Å²) in [7, 11) is 0. The van der Waals surface area contributed by atoms with Crippen LogP contribution in [0.2, 0.25) is 0 Å². The van der Waals surface area contributed by atoms with Gasteiger partial charge in [-0.3, -0.25) is 0 Å².